The van der Waals surface area contributed by atoms with E-state index in [0.717, 1.165) is 32.4 Å². The lowest BCUT2D eigenvalue weighted by atomic mass is 9.97. The van der Waals surface area contributed by atoms with E-state index in [2.05, 4.69) is 0 Å². The van der Waals surface area contributed by atoms with Gasteiger partial charge in [-0.25, -0.2) is 8.42 Å². The van der Waals surface area contributed by atoms with Crippen LogP contribution in [-0.4, -0.2) is 54.6 Å². The largest absolute Gasteiger partial charge is 0.342 e. The molecule has 1 aromatic rings. The van der Waals surface area contributed by atoms with Crippen molar-refractivity contribution in [3.05, 3.63) is 34.4 Å². The van der Waals surface area contributed by atoms with E-state index in [4.69, 9.17) is 0 Å². The van der Waals surface area contributed by atoms with Gasteiger partial charge in [-0.2, -0.15) is 4.31 Å². The lowest BCUT2D eigenvalue weighted by Crippen LogP contribution is -2.47. The van der Waals surface area contributed by atoms with Crippen molar-refractivity contribution < 1.29 is 18.1 Å². The van der Waals surface area contributed by atoms with Crippen LogP contribution in [0.2, 0.25) is 0 Å². The number of benzene rings is 1. The van der Waals surface area contributed by atoms with Crippen LogP contribution in [0.15, 0.2) is 29.2 Å². The van der Waals surface area contributed by atoms with Crippen LogP contribution in [0.4, 0.5) is 5.69 Å². The quantitative estimate of drug-likeness (QED) is 0.586. The summed E-state index contributed by atoms with van der Waals surface area (Å²) in [6.07, 6.45) is 4.31. The standard InChI is InChI=1S/C17H23N3O5S/c21-17(18-10-4-1-5-11-18)14-7-6-12-19(13-14)26(24,25)16-9-3-2-8-15(16)20(22)23/h2-3,8-9,14H,1,4-7,10-13H2. The zero-order valence-electron chi connectivity index (χ0n) is 14.5. The Morgan fingerprint density at radius 1 is 1.08 bits per heavy atom. The van der Waals surface area contributed by atoms with Gasteiger partial charge in [0.25, 0.3) is 5.69 Å². The van der Waals surface area contributed by atoms with Crippen molar-refractivity contribution in [1.82, 2.24) is 9.21 Å². The van der Waals surface area contributed by atoms with E-state index in [1.54, 1.807) is 0 Å². The minimum absolute atomic E-state index is 0.00663. The van der Waals surface area contributed by atoms with Gasteiger partial charge in [0.1, 0.15) is 0 Å². The maximum Gasteiger partial charge on any atom is 0.289 e. The summed E-state index contributed by atoms with van der Waals surface area (Å²) in [5, 5.41) is 11.2. The molecule has 2 saturated heterocycles. The Hall–Kier alpha value is -2.00. The van der Waals surface area contributed by atoms with Crippen LogP contribution >= 0.6 is 0 Å². The lowest BCUT2D eigenvalue weighted by Gasteiger charge is -2.35. The molecule has 2 fully saturated rings. The number of carbonyl (C=O) groups excluding carboxylic acids is 1. The second kappa shape index (κ2) is 7.71. The number of rotatable bonds is 4. The van der Waals surface area contributed by atoms with Crippen LogP contribution in [0.3, 0.4) is 0 Å². The first-order chi connectivity index (χ1) is 12.4. The number of nitrogens with zero attached hydrogens (tertiary/aromatic N) is 3. The summed E-state index contributed by atoms with van der Waals surface area (Å²) in [6, 6.07) is 5.35. The molecule has 0 bridgehead atoms. The Kier molecular flexibility index (Phi) is 5.57. The lowest BCUT2D eigenvalue weighted by molar-refractivity contribution is -0.387. The number of carbonyl (C=O) groups is 1. The number of nitro groups is 1. The van der Waals surface area contributed by atoms with Gasteiger partial charge < -0.3 is 4.90 Å². The molecule has 0 aromatic heterocycles. The van der Waals surface area contributed by atoms with Gasteiger partial charge in [-0.05, 0) is 38.2 Å². The summed E-state index contributed by atoms with van der Waals surface area (Å²) < 4.78 is 27.1. The van der Waals surface area contributed by atoms with E-state index in [1.165, 1.54) is 28.6 Å². The number of amides is 1. The molecular weight excluding hydrogens is 358 g/mol. The van der Waals surface area contributed by atoms with Crippen LogP contribution in [0.25, 0.3) is 0 Å². The van der Waals surface area contributed by atoms with Gasteiger partial charge in [-0.1, -0.05) is 12.1 Å². The Morgan fingerprint density at radius 2 is 1.77 bits per heavy atom. The molecule has 0 aliphatic carbocycles. The zero-order valence-corrected chi connectivity index (χ0v) is 15.4. The topological polar surface area (TPSA) is 101 Å². The first kappa shape index (κ1) is 18.8. The molecule has 0 N–H and O–H groups in total. The van der Waals surface area contributed by atoms with Gasteiger partial charge in [0.2, 0.25) is 15.9 Å². The first-order valence-electron chi connectivity index (χ1n) is 8.93. The van der Waals surface area contributed by atoms with Crippen molar-refractivity contribution in [3.63, 3.8) is 0 Å². The number of sulfonamides is 1. The van der Waals surface area contributed by atoms with Crippen LogP contribution < -0.4 is 0 Å². The minimum Gasteiger partial charge on any atom is -0.342 e. The fourth-order valence-corrected chi connectivity index (χ4v) is 5.38. The Balaban J connectivity index is 1.80. The summed E-state index contributed by atoms with van der Waals surface area (Å²) in [5.74, 6) is -0.369. The molecule has 0 radical (unpaired) electrons. The van der Waals surface area contributed by atoms with Crippen molar-refractivity contribution in [1.29, 1.82) is 0 Å². The van der Waals surface area contributed by atoms with E-state index in [9.17, 15) is 23.3 Å². The monoisotopic (exact) mass is 381 g/mol. The van der Waals surface area contributed by atoms with Crippen molar-refractivity contribution in [3.8, 4) is 0 Å². The third-order valence-corrected chi connectivity index (χ3v) is 6.99. The molecule has 9 heteroatoms. The Morgan fingerprint density at radius 3 is 2.46 bits per heavy atom. The second-order valence-corrected chi connectivity index (χ2v) is 8.72. The molecule has 142 valence electrons. The maximum absolute atomic E-state index is 13.0. The molecule has 1 aromatic carbocycles. The Labute approximate surface area is 153 Å². The molecule has 1 unspecified atom stereocenters. The molecule has 26 heavy (non-hydrogen) atoms. The van der Waals surface area contributed by atoms with E-state index >= 15 is 0 Å². The van der Waals surface area contributed by atoms with Crippen LogP contribution in [0, 0.1) is 16.0 Å². The van der Waals surface area contributed by atoms with E-state index < -0.39 is 20.6 Å². The highest BCUT2D eigenvalue weighted by molar-refractivity contribution is 7.89. The number of nitro benzene ring substituents is 1. The molecular formula is C17H23N3O5S. The smallest absolute Gasteiger partial charge is 0.289 e. The molecule has 1 atom stereocenters. The van der Waals surface area contributed by atoms with Gasteiger partial charge in [-0.15, -0.1) is 0 Å². The third kappa shape index (κ3) is 3.73. The summed E-state index contributed by atoms with van der Waals surface area (Å²) in [6.45, 7) is 1.82. The highest BCUT2D eigenvalue weighted by Crippen LogP contribution is 2.30. The van der Waals surface area contributed by atoms with Crippen LogP contribution in [0.5, 0.6) is 0 Å². The number of hydrogen-bond donors (Lipinski definition) is 0. The predicted octanol–water partition coefficient (Wildman–Crippen LogP) is 2.01. The highest BCUT2D eigenvalue weighted by Gasteiger charge is 2.37. The van der Waals surface area contributed by atoms with Crippen molar-refractivity contribution in [2.45, 2.75) is 37.0 Å². The first-order valence-corrected chi connectivity index (χ1v) is 10.4. The van der Waals surface area contributed by atoms with Crippen molar-refractivity contribution >= 4 is 21.6 Å². The fourth-order valence-electron chi connectivity index (χ4n) is 3.70. The summed E-state index contributed by atoms with van der Waals surface area (Å²) >= 11 is 0. The molecule has 0 saturated carbocycles. The number of likely N-dealkylation sites (tertiary alicyclic amines) is 1. The van der Waals surface area contributed by atoms with Gasteiger partial charge in [-0.3, -0.25) is 14.9 Å². The molecule has 1 amide bonds. The van der Waals surface area contributed by atoms with Crippen LogP contribution in [0.1, 0.15) is 32.1 Å². The van der Waals surface area contributed by atoms with Crippen LogP contribution in [-0.2, 0) is 14.8 Å². The SMILES string of the molecule is O=C(C1CCCN(S(=O)(=O)c2ccccc2[N+](=O)[O-])C1)N1CCCCC1. The van der Waals surface area contributed by atoms with E-state index in [1.807, 2.05) is 4.90 Å². The van der Waals surface area contributed by atoms with Gasteiger partial charge in [0, 0.05) is 32.2 Å². The zero-order chi connectivity index (χ0) is 18.7. The minimum atomic E-state index is -4.01. The molecule has 3 rings (SSSR count). The Bertz CT molecular complexity index is 789. The predicted molar refractivity (Wildman–Crippen MR) is 95.0 cm³/mol. The third-order valence-electron chi connectivity index (χ3n) is 5.08. The average Bonchev–Trinajstić information content (AvgIpc) is 2.68. The number of para-hydroxylation sites is 1. The van der Waals surface area contributed by atoms with Gasteiger partial charge in [0.15, 0.2) is 4.90 Å². The summed E-state index contributed by atoms with van der Waals surface area (Å²) in [7, 11) is -4.01. The fraction of sp³-hybridized carbons (Fsp3) is 0.588. The normalized spacial score (nSPS) is 22.2. The maximum atomic E-state index is 13.0. The van der Waals surface area contributed by atoms with Gasteiger partial charge in [0.05, 0.1) is 10.8 Å². The van der Waals surface area contributed by atoms with Crippen molar-refractivity contribution in [2.75, 3.05) is 26.2 Å². The molecule has 2 aliphatic rings. The van der Waals surface area contributed by atoms with Gasteiger partial charge >= 0.3 is 0 Å². The highest BCUT2D eigenvalue weighted by atomic mass is 32.2. The average molecular weight is 381 g/mol. The van der Waals surface area contributed by atoms with Crippen molar-refractivity contribution in [2.24, 2.45) is 5.92 Å². The van der Waals surface area contributed by atoms with E-state index in [-0.39, 0.29) is 29.8 Å². The molecule has 0 spiro atoms. The molecule has 2 aliphatic heterocycles. The second-order valence-electron chi connectivity index (χ2n) is 6.81. The summed E-state index contributed by atoms with van der Waals surface area (Å²) in [5.41, 5.74) is -0.433. The van der Waals surface area contributed by atoms with E-state index in [0.29, 0.717) is 12.8 Å². The molecule has 8 nitrogen and oxygen atoms in total. The summed E-state index contributed by atoms with van der Waals surface area (Å²) in [4.78, 5) is 24.8. The molecule has 2 heterocycles. The number of piperidine rings is 2. The number of hydrogen-bond acceptors (Lipinski definition) is 5.